The molecule has 0 bridgehead atoms. The summed E-state index contributed by atoms with van der Waals surface area (Å²) >= 11 is 0. The molecule has 1 aromatic carbocycles. The molecule has 0 amide bonds. The van der Waals surface area contributed by atoms with Crippen LogP contribution in [-0.2, 0) is 19.4 Å². The van der Waals surface area contributed by atoms with Crippen molar-refractivity contribution in [2.75, 3.05) is 26.2 Å². The monoisotopic (exact) mass is 371 g/mol. The number of halogens is 1. The van der Waals surface area contributed by atoms with Gasteiger partial charge in [0.15, 0.2) is 9.84 Å². The maximum absolute atomic E-state index is 13.3. The Kier molecular flexibility index (Phi) is 6.57. The summed E-state index contributed by atoms with van der Waals surface area (Å²) in [5.41, 5.74) is 0. The third-order valence-corrected chi connectivity index (χ3v) is 7.36. The van der Waals surface area contributed by atoms with Crippen LogP contribution >= 0.6 is 0 Å². The van der Waals surface area contributed by atoms with Gasteiger partial charge in [0.2, 0.25) is 0 Å². The predicted molar refractivity (Wildman–Crippen MR) is 93.5 cm³/mol. The summed E-state index contributed by atoms with van der Waals surface area (Å²) in [5, 5.41) is 0. The molecule has 5 nitrogen and oxygen atoms in total. The van der Waals surface area contributed by atoms with E-state index in [0.29, 0.717) is 25.9 Å². The van der Waals surface area contributed by atoms with E-state index in [4.69, 9.17) is 4.74 Å². The molecule has 1 aliphatic rings. The van der Waals surface area contributed by atoms with Crippen molar-refractivity contribution < 1.29 is 22.3 Å². The Morgan fingerprint density at radius 1 is 1.20 bits per heavy atom. The standard InChI is InChI=1S/C18H26FNO4S/c1-3-11-20-12-9-18(10-13-20,14-17(21)24-4-2)25(22,23)16-7-5-15(19)6-8-16/h5-8H,3-4,9-14H2,1-2H3. The number of ether oxygens (including phenoxy) is 1. The molecule has 2 rings (SSSR count). The van der Waals surface area contributed by atoms with E-state index in [0.717, 1.165) is 25.1 Å². The molecule has 1 aromatic rings. The summed E-state index contributed by atoms with van der Waals surface area (Å²) in [4.78, 5) is 14.4. The van der Waals surface area contributed by atoms with E-state index in [1.165, 1.54) is 12.1 Å². The van der Waals surface area contributed by atoms with Crippen LogP contribution in [0.2, 0.25) is 0 Å². The maximum Gasteiger partial charge on any atom is 0.307 e. The minimum atomic E-state index is -3.79. The van der Waals surface area contributed by atoms with E-state index in [1.807, 2.05) is 0 Å². The maximum atomic E-state index is 13.3. The summed E-state index contributed by atoms with van der Waals surface area (Å²) in [6.45, 7) is 6.14. The van der Waals surface area contributed by atoms with Crippen molar-refractivity contribution in [3.05, 3.63) is 30.1 Å². The van der Waals surface area contributed by atoms with Crippen LogP contribution in [0.1, 0.15) is 39.5 Å². The van der Waals surface area contributed by atoms with Crippen LogP contribution in [0.4, 0.5) is 4.39 Å². The second-order valence-electron chi connectivity index (χ2n) is 6.46. The fourth-order valence-corrected chi connectivity index (χ4v) is 5.40. The molecule has 0 atom stereocenters. The lowest BCUT2D eigenvalue weighted by molar-refractivity contribution is -0.144. The molecule has 0 aliphatic carbocycles. The van der Waals surface area contributed by atoms with Gasteiger partial charge in [0.05, 0.1) is 22.7 Å². The number of esters is 1. The van der Waals surface area contributed by atoms with Gasteiger partial charge in [-0.2, -0.15) is 0 Å². The van der Waals surface area contributed by atoms with Crippen molar-refractivity contribution in [1.29, 1.82) is 0 Å². The first-order valence-electron chi connectivity index (χ1n) is 8.73. The summed E-state index contributed by atoms with van der Waals surface area (Å²) in [7, 11) is -3.79. The Balaban J connectivity index is 2.34. The van der Waals surface area contributed by atoms with Gasteiger partial charge in [0.1, 0.15) is 5.82 Å². The Morgan fingerprint density at radius 3 is 2.32 bits per heavy atom. The number of piperidine rings is 1. The molecule has 0 N–H and O–H groups in total. The van der Waals surface area contributed by atoms with Crippen LogP contribution in [-0.4, -0.2) is 50.3 Å². The molecule has 1 fully saturated rings. The van der Waals surface area contributed by atoms with Crippen molar-refractivity contribution in [2.24, 2.45) is 0 Å². The van der Waals surface area contributed by atoms with Crippen LogP contribution in [0.5, 0.6) is 0 Å². The third kappa shape index (κ3) is 4.39. The molecular weight excluding hydrogens is 345 g/mol. The molecule has 0 aromatic heterocycles. The van der Waals surface area contributed by atoms with E-state index in [2.05, 4.69) is 11.8 Å². The lowest BCUT2D eigenvalue weighted by Gasteiger charge is -2.40. The second-order valence-corrected chi connectivity index (χ2v) is 8.81. The number of likely N-dealkylation sites (tertiary alicyclic amines) is 1. The molecular formula is C18H26FNO4S. The smallest absolute Gasteiger partial charge is 0.307 e. The zero-order valence-corrected chi connectivity index (χ0v) is 15.6. The molecule has 0 spiro atoms. The van der Waals surface area contributed by atoms with Gasteiger partial charge in [-0.1, -0.05) is 6.92 Å². The minimum absolute atomic E-state index is 0.0575. The zero-order valence-electron chi connectivity index (χ0n) is 14.8. The first kappa shape index (κ1) is 19.8. The Labute approximate surface area is 149 Å². The summed E-state index contributed by atoms with van der Waals surface area (Å²) < 4.78 is 43.6. The first-order chi connectivity index (χ1) is 11.8. The van der Waals surface area contributed by atoms with Crippen LogP contribution in [0, 0.1) is 5.82 Å². The van der Waals surface area contributed by atoms with E-state index < -0.39 is 26.4 Å². The molecule has 140 valence electrons. The summed E-state index contributed by atoms with van der Waals surface area (Å²) in [6.07, 6.45) is 1.56. The van der Waals surface area contributed by atoms with Gasteiger partial charge in [-0.05, 0) is 70.1 Å². The number of carbonyl (C=O) groups excluding carboxylic acids is 1. The first-order valence-corrected chi connectivity index (χ1v) is 10.2. The van der Waals surface area contributed by atoms with Crippen molar-refractivity contribution in [1.82, 2.24) is 4.90 Å². The fourth-order valence-electron chi connectivity index (χ4n) is 3.38. The Morgan fingerprint density at radius 2 is 1.80 bits per heavy atom. The van der Waals surface area contributed by atoms with Crippen LogP contribution in [0.3, 0.4) is 0 Å². The Hall–Kier alpha value is -1.47. The summed E-state index contributed by atoms with van der Waals surface area (Å²) in [6, 6.07) is 4.82. The van der Waals surface area contributed by atoms with Gasteiger partial charge >= 0.3 is 5.97 Å². The molecule has 0 radical (unpaired) electrons. The molecule has 0 unspecified atom stereocenters. The van der Waals surface area contributed by atoms with Crippen LogP contribution < -0.4 is 0 Å². The minimum Gasteiger partial charge on any atom is -0.466 e. The number of rotatable bonds is 7. The number of carbonyl (C=O) groups is 1. The molecule has 0 saturated carbocycles. The summed E-state index contributed by atoms with van der Waals surface area (Å²) in [5.74, 6) is -0.992. The lowest BCUT2D eigenvalue weighted by Crippen LogP contribution is -2.50. The number of nitrogens with zero attached hydrogens (tertiary/aromatic N) is 1. The van der Waals surface area contributed by atoms with Crippen molar-refractivity contribution in [2.45, 2.75) is 49.2 Å². The molecule has 1 saturated heterocycles. The number of benzene rings is 1. The van der Waals surface area contributed by atoms with Crippen LogP contribution in [0.15, 0.2) is 29.2 Å². The molecule has 7 heteroatoms. The highest BCUT2D eigenvalue weighted by Gasteiger charge is 2.48. The van der Waals surface area contributed by atoms with Gasteiger partial charge in [0, 0.05) is 0 Å². The topological polar surface area (TPSA) is 63.7 Å². The van der Waals surface area contributed by atoms with E-state index in [-0.39, 0.29) is 17.9 Å². The second kappa shape index (κ2) is 8.27. The van der Waals surface area contributed by atoms with Gasteiger partial charge in [-0.3, -0.25) is 4.79 Å². The third-order valence-electron chi connectivity index (χ3n) is 4.77. The quantitative estimate of drug-likeness (QED) is 0.545. The normalized spacial score (nSPS) is 18.0. The largest absolute Gasteiger partial charge is 0.466 e. The van der Waals surface area contributed by atoms with Crippen molar-refractivity contribution in [3.63, 3.8) is 0 Å². The van der Waals surface area contributed by atoms with Gasteiger partial charge < -0.3 is 9.64 Å². The number of sulfone groups is 1. The van der Waals surface area contributed by atoms with Crippen LogP contribution in [0.25, 0.3) is 0 Å². The van der Waals surface area contributed by atoms with E-state index >= 15 is 0 Å². The Bertz CT molecular complexity index is 680. The van der Waals surface area contributed by atoms with Gasteiger partial charge in [0.25, 0.3) is 0 Å². The molecule has 25 heavy (non-hydrogen) atoms. The fraction of sp³-hybridized carbons (Fsp3) is 0.611. The lowest BCUT2D eigenvalue weighted by atomic mass is 9.92. The highest BCUT2D eigenvalue weighted by atomic mass is 32.2. The van der Waals surface area contributed by atoms with Crippen molar-refractivity contribution >= 4 is 15.8 Å². The zero-order chi connectivity index (χ0) is 18.5. The highest BCUT2D eigenvalue weighted by Crippen LogP contribution is 2.38. The number of hydrogen-bond acceptors (Lipinski definition) is 5. The number of hydrogen-bond donors (Lipinski definition) is 0. The van der Waals surface area contributed by atoms with E-state index in [9.17, 15) is 17.6 Å². The highest BCUT2D eigenvalue weighted by molar-refractivity contribution is 7.92. The molecule has 1 heterocycles. The van der Waals surface area contributed by atoms with Gasteiger partial charge in [-0.15, -0.1) is 0 Å². The van der Waals surface area contributed by atoms with Gasteiger partial charge in [-0.25, -0.2) is 12.8 Å². The molecule has 1 aliphatic heterocycles. The van der Waals surface area contributed by atoms with Crippen molar-refractivity contribution in [3.8, 4) is 0 Å². The average Bonchev–Trinajstić information content (AvgIpc) is 2.57. The average molecular weight is 371 g/mol. The van der Waals surface area contributed by atoms with E-state index in [1.54, 1.807) is 6.92 Å². The SMILES string of the molecule is CCCN1CCC(CC(=O)OCC)(S(=O)(=O)c2ccc(F)cc2)CC1. The predicted octanol–water partition coefficient (Wildman–Crippen LogP) is 2.80.